The van der Waals surface area contributed by atoms with Gasteiger partial charge in [0.25, 0.3) is 0 Å². The fourth-order valence-electron chi connectivity index (χ4n) is 3.55. The van der Waals surface area contributed by atoms with Gasteiger partial charge < -0.3 is 5.32 Å². The highest BCUT2D eigenvalue weighted by Crippen LogP contribution is 2.44. The highest BCUT2D eigenvalue weighted by molar-refractivity contribution is 5.97. The fraction of sp³-hybridized carbons (Fsp3) is 0.632. The van der Waals surface area contributed by atoms with Crippen molar-refractivity contribution in [2.24, 2.45) is 17.8 Å². The fourth-order valence-corrected chi connectivity index (χ4v) is 3.55. The molecular formula is C19H27NO. The number of carbonyl (C=O) groups is 1. The van der Waals surface area contributed by atoms with Crippen LogP contribution >= 0.6 is 0 Å². The van der Waals surface area contributed by atoms with Crippen molar-refractivity contribution in [1.29, 1.82) is 0 Å². The predicted octanol–water partition coefficient (Wildman–Crippen LogP) is 4.37. The number of nitrogens with one attached hydrogen (secondary N) is 1. The zero-order chi connectivity index (χ0) is 14.8. The summed E-state index contributed by atoms with van der Waals surface area (Å²) in [5.74, 6) is 2.32. The van der Waals surface area contributed by atoms with Crippen LogP contribution in [0.3, 0.4) is 0 Å². The molecule has 3 atom stereocenters. The summed E-state index contributed by atoms with van der Waals surface area (Å²) < 4.78 is 0. The van der Waals surface area contributed by atoms with Crippen molar-refractivity contribution in [1.82, 2.24) is 5.32 Å². The van der Waals surface area contributed by atoms with E-state index in [2.05, 4.69) is 24.4 Å². The van der Waals surface area contributed by atoms with Crippen molar-refractivity contribution in [2.45, 2.75) is 52.0 Å². The average Bonchev–Trinajstić information content (AvgIpc) is 3.38. The van der Waals surface area contributed by atoms with Crippen LogP contribution in [0, 0.1) is 17.8 Å². The zero-order valence-electron chi connectivity index (χ0n) is 13.3. The van der Waals surface area contributed by atoms with E-state index in [1.54, 1.807) is 0 Å². The minimum Gasteiger partial charge on any atom is -0.310 e. The molecule has 2 nitrogen and oxygen atoms in total. The summed E-state index contributed by atoms with van der Waals surface area (Å²) in [6.45, 7) is 5.22. The second-order valence-electron chi connectivity index (χ2n) is 6.92. The third-order valence-corrected chi connectivity index (χ3v) is 5.39. The summed E-state index contributed by atoms with van der Waals surface area (Å²) in [6, 6.07) is 8.83. The van der Waals surface area contributed by atoms with Gasteiger partial charge in [-0.15, -0.1) is 0 Å². The molecule has 1 N–H and O–H groups in total. The number of Topliss-reactive ketones (excluding diaryl/α,β-unsaturated/α-hetero) is 1. The van der Waals surface area contributed by atoms with Crippen LogP contribution in [-0.4, -0.2) is 12.3 Å². The summed E-state index contributed by atoms with van der Waals surface area (Å²) in [4.78, 5) is 12.2. The first-order valence-electron chi connectivity index (χ1n) is 8.56. The van der Waals surface area contributed by atoms with Crippen LogP contribution < -0.4 is 5.32 Å². The van der Waals surface area contributed by atoms with Gasteiger partial charge in [0.15, 0.2) is 5.78 Å². The normalized spacial score (nSPS) is 27.3. The van der Waals surface area contributed by atoms with E-state index in [-0.39, 0.29) is 11.7 Å². The van der Waals surface area contributed by atoms with Crippen LogP contribution in [0.15, 0.2) is 24.3 Å². The molecule has 2 aliphatic rings. The third kappa shape index (κ3) is 3.37. The zero-order valence-corrected chi connectivity index (χ0v) is 13.3. The maximum Gasteiger partial charge on any atom is 0.165 e. The van der Waals surface area contributed by atoms with Crippen LogP contribution in [0.4, 0.5) is 0 Å². The van der Waals surface area contributed by atoms with Gasteiger partial charge in [0.2, 0.25) is 0 Å². The average molecular weight is 285 g/mol. The molecule has 3 rings (SSSR count). The molecule has 1 saturated heterocycles. The van der Waals surface area contributed by atoms with E-state index in [0.29, 0.717) is 6.04 Å². The van der Waals surface area contributed by atoms with Gasteiger partial charge in [0.1, 0.15) is 0 Å². The minimum atomic E-state index is 0.128. The Bertz CT molecular complexity index is 489. The molecule has 0 spiro atoms. The van der Waals surface area contributed by atoms with Crippen molar-refractivity contribution in [3.05, 3.63) is 35.4 Å². The number of rotatable bonds is 5. The van der Waals surface area contributed by atoms with E-state index in [1.807, 2.05) is 19.1 Å². The van der Waals surface area contributed by atoms with Crippen molar-refractivity contribution in [3.8, 4) is 0 Å². The molecule has 114 valence electrons. The smallest absolute Gasteiger partial charge is 0.165 e. The monoisotopic (exact) mass is 285 g/mol. The van der Waals surface area contributed by atoms with Gasteiger partial charge in [-0.2, -0.15) is 0 Å². The number of carbonyl (C=O) groups excluding carboxylic acids is 1. The summed E-state index contributed by atoms with van der Waals surface area (Å²) >= 11 is 0. The molecule has 21 heavy (non-hydrogen) atoms. The van der Waals surface area contributed by atoms with Gasteiger partial charge >= 0.3 is 0 Å². The molecule has 1 aromatic rings. The Kier molecular flexibility index (Phi) is 4.44. The lowest BCUT2D eigenvalue weighted by molar-refractivity contribution is 0.0927. The van der Waals surface area contributed by atoms with Gasteiger partial charge in [0, 0.05) is 17.5 Å². The van der Waals surface area contributed by atoms with Gasteiger partial charge in [-0.25, -0.2) is 0 Å². The first-order valence-corrected chi connectivity index (χ1v) is 8.56. The molecule has 0 radical (unpaired) electrons. The molecule has 2 heteroatoms. The topological polar surface area (TPSA) is 29.1 Å². The highest BCUT2D eigenvalue weighted by atomic mass is 16.1. The summed E-state index contributed by atoms with van der Waals surface area (Å²) in [6.07, 6.45) is 6.41. The summed E-state index contributed by atoms with van der Waals surface area (Å²) in [5.41, 5.74) is 2.21. The van der Waals surface area contributed by atoms with E-state index in [9.17, 15) is 4.79 Å². The maximum atomic E-state index is 12.2. The molecule has 1 aliphatic carbocycles. The second-order valence-corrected chi connectivity index (χ2v) is 6.92. The van der Waals surface area contributed by atoms with Gasteiger partial charge in [-0.3, -0.25) is 4.79 Å². The van der Waals surface area contributed by atoms with Crippen LogP contribution in [0.25, 0.3) is 0 Å². The Morgan fingerprint density at radius 2 is 1.90 bits per heavy atom. The lowest BCUT2D eigenvalue weighted by atomic mass is 9.85. The molecule has 3 unspecified atom stereocenters. The van der Waals surface area contributed by atoms with Gasteiger partial charge in [-0.05, 0) is 56.0 Å². The SMILES string of the molecule is CCC(C)C(=O)c1ccc(C2CC(C3CC3)CCN2)cc1. The Balaban J connectivity index is 1.67. The quantitative estimate of drug-likeness (QED) is 0.814. The van der Waals surface area contributed by atoms with Crippen LogP contribution in [0.1, 0.15) is 67.9 Å². The molecule has 0 bridgehead atoms. The van der Waals surface area contributed by atoms with Gasteiger partial charge in [-0.1, -0.05) is 38.1 Å². The minimum absolute atomic E-state index is 0.128. The first-order chi connectivity index (χ1) is 10.2. The highest BCUT2D eigenvalue weighted by Gasteiger charge is 2.34. The maximum absolute atomic E-state index is 12.2. The predicted molar refractivity (Wildman–Crippen MR) is 86.4 cm³/mol. The number of benzene rings is 1. The van der Waals surface area contributed by atoms with E-state index < -0.39 is 0 Å². The van der Waals surface area contributed by atoms with Crippen molar-refractivity contribution in [2.75, 3.05) is 6.54 Å². The number of hydrogen-bond acceptors (Lipinski definition) is 2. The summed E-state index contributed by atoms with van der Waals surface area (Å²) in [7, 11) is 0. The number of ketones is 1. The number of hydrogen-bond donors (Lipinski definition) is 1. The largest absolute Gasteiger partial charge is 0.310 e. The second kappa shape index (κ2) is 6.31. The molecule has 0 amide bonds. The number of piperidine rings is 1. The van der Waals surface area contributed by atoms with Crippen LogP contribution in [-0.2, 0) is 0 Å². The van der Waals surface area contributed by atoms with E-state index in [4.69, 9.17) is 0 Å². The third-order valence-electron chi connectivity index (χ3n) is 5.39. The molecule has 1 heterocycles. The molecule has 0 aromatic heterocycles. The van der Waals surface area contributed by atoms with Crippen LogP contribution in [0.5, 0.6) is 0 Å². The molecular weight excluding hydrogens is 258 g/mol. The van der Waals surface area contributed by atoms with E-state index in [0.717, 1.165) is 30.4 Å². The summed E-state index contributed by atoms with van der Waals surface area (Å²) in [5, 5.41) is 3.65. The van der Waals surface area contributed by atoms with E-state index in [1.165, 1.54) is 31.2 Å². The molecule has 1 aliphatic heterocycles. The van der Waals surface area contributed by atoms with Crippen molar-refractivity contribution >= 4 is 5.78 Å². The lowest BCUT2D eigenvalue weighted by Gasteiger charge is -2.31. The van der Waals surface area contributed by atoms with Gasteiger partial charge in [0.05, 0.1) is 0 Å². The Hall–Kier alpha value is -1.15. The molecule has 1 aromatic carbocycles. The lowest BCUT2D eigenvalue weighted by Crippen LogP contribution is -2.32. The van der Waals surface area contributed by atoms with Crippen molar-refractivity contribution < 1.29 is 4.79 Å². The Morgan fingerprint density at radius 1 is 1.19 bits per heavy atom. The Morgan fingerprint density at radius 3 is 2.52 bits per heavy atom. The Labute approximate surface area is 128 Å². The molecule has 2 fully saturated rings. The molecule has 1 saturated carbocycles. The van der Waals surface area contributed by atoms with Crippen molar-refractivity contribution in [3.63, 3.8) is 0 Å². The standard InChI is InChI=1S/C19H27NO/c1-3-13(2)19(21)16-8-6-15(7-9-16)18-12-17(10-11-20-18)14-4-5-14/h6-9,13-14,17-18,20H,3-5,10-12H2,1-2H3. The van der Waals surface area contributed by atoms with E-state index >= 15 is 0 Å². The first kappa shape index (κ1) is 14.8. The van der Waals surface area contributed by atoms with Crippen LogP contribution in [0.2, 0.25) is 0 Å².